The van der Waals surface area contributed by atoms with E-state index in [1.165, 1.54) is 11.5 Å². The lowest BCUT2D eigenvalue weighted by molar-refractivity contribution is 0.0601. The van der Waals surface area contributed by atoms with Gasteiger partial charge >= 0.3 is 5.97 Å². The third-order valence-electron chi connectivity index (χ3n) is 3.01. The summed E-state index contributed by atoms with van der Waals surface area (Å²) >= 11 is 0. The average Bonchev–Trinajstić information content (AvgIpc) is 2.47. The fourth-order valence-electron chi connectivity index (χ4n) is 2.17. The number of aromatic nitrogens is 2. The predicted octanol–water partition coefficient (Wildman–Crippen LogP) is 1.63. The Bertz CT molecular complexity index is 852. The molecular formula is C14H10N2O3. The van der Waals surface area contributed by atoms with Gasteiger partial charge in [0.2, 0.25) is 0 Å². The molecule has 0 saturated heterocycles. The van der Waals surface area contributed by atoms with Crippen LogP contribution in [0, 0.1) is 0 Å². The van der Waals surface area contributed by atoms with E-state index in [9.17, 15) is 9.59 Å². The summed E-state index contributed by atoms with van der Waals surface area (Å²) in [5.74, 6) is -0.639. The molecule has 19 heavy (non-hydrogen) atoms. The number of esters is 1. The van der Waals surface area contributed by atoms with E-state index in [1.807, 2.05) is 12.1 Å². The summed E-state index contributed by atoms with van der Waals surface area (Å²) in [5.41, 5.74) is 0.132. The lowest BCUT2D eigenvalue weighted by Gasteiger charge is -2.08. The first kappa shape index (κ1) is 11.4. The number of ether oxygens (including phenoxy) is 1. The Labute approximate surface area is 108 Å². The van der Waals surface area contributed by atoms with Crippen molar-refractivity contribution >= 4 is 22.4 Å². The molecule has 5 heteroatoms. The molecule has 94 valence electrons. The molecule has 0 aliphatic heterocycles. The molecule has 0 N–H and O–H groups in total. The Morgan fingerprint density at radius 3 is 2.68 bits per heavy atom. The molecule has 2 heterocycles. The lowest BCUT2D eigenvalue weighted by atomic mass is 10.1. The molecule has 5 nitrogen and oxygen atoms in total. The van der Waals surface area contributed by atoms with Gasteiger partial charge in [-0.3, -0.25) is 9.20 Å². The van der Waals surface area contributed by atoms with Crippen LogP contribution in [0.2, 0.25) is 0 Å². The first-order valence-corrected chi connectivity index (χ1v) is 5.70. The summed E-state index contributed by atoms with van der Waals surface area (Å²) in [6.45, 7) is 0. The summed E-state index contributed by atoms with van der Waals surface area (Å²) in [4.78, 5) is 28.4. The predicted molar refractivity (Wildman–Crippen MR) is 70.3 cm³/mol. The van der Waals surface area contributed by atoms with Gasteiger partial charge in [0.05, 0.1) is 7.11 Å². The van der Waals surface area contributed by atoms with Crippen molar-refractivity contribution in [2.75, 3.05) is 7.11 Å². The normalized spacial score (nSPS) is 10.8. The molecule has 0 amide bonds. The summed E-state index contributed by atoms with van der Waals surface area (Å²) in [6, 6.07) is 8.79. The Hall–Kier alpha value is -2.69. The molecule has 0 spiro atoms. The Kier molecular flexibility index (Phi) is 2.52. The van der Waals surface area contributed by atoms with Gasteiger partial charge in [0.1, 0.15) is 11.2 Å². The molecule has 0 aliphatic rings. The molecule has 0 atom stereocenters. The summed E-state index contributed by atoms with van der Waals surface area (Å²) < 4.78 is 6.06. The number of pyridine rings is 1. The standard InChI is InChI=1S/C14H10N2O3/c1-19-14(18)11-9-5-2-3-6-10(9)12-15-7-4-8-16(12)13(11)17/h2-8H,1H3. The number of carbonyl (C=O) groups is 1. The molecule has 2 aromatic heterocycles. The fourth-order valence-corrected chi connectivity index (χ4v) is 2.17. The Morgan fingerprint density at radius 1 is 1.21 bits per heavy atom. The first-order chi connectivity index (χ1) is 9.24. The number of benzene rings is 1. The van der Waals surface area contributed by atoms with Crippen LogP contribution < -0.4 is 5.56 Å². The van der Waals surface area contributed by atoms with Crippen molar-refractivity contribution in [3.05, 3.63) is 58.6 Å². The van der Waals surface area contributed by atoms with Crippen molar-refractivity contribution in [1.29, 1.82) is 0 Å². The SMILES string of the molecule is COC(=O)c1c(=O)n2cccnc2c2ccccc12. The van der Waals surface area contributed by atoms with E-state index in [1.54, 1.807) is 30.6 Å². The van der Waals surface area contributed by atoms with Gasteiger partial charge in [-0.1, -0.05) is 24.3 Å². The summed E-state index contributed by atoms with van der Waals surface area (Å²) in [5, 5.41) is 1.29. The van der Waals surface area contributed by atoms with Gasteiger partial charge in [0, 0.05) is 23.2 Å². The summed E-state index contributed by atoms with van der Waals surface area (Å²) in [6.07, 6.45) is 3.20. The first-order valence-electron chi connectivity index (χ1n) is 5.70. The van der Waals surface area contributed by atoms with Gasteiger partial charge in [0.15, 0.2) is 0 Å². The van der Waals surface area contributed by atoms with Crippen LogP contribution in [0.5, 0.6) is 0 Å². The molecule has 3 aromatic rings. The van der Waals surface area contributed by atoms with Crippen molar-refractivity contribution < 1.29 is 9.53 Å². The third kappa shape index (κ3) is 1.59. The van der Waals surface area contributed by atoms with E-state index in [0.717, 1.165) is 5.39 Å². The zero-order valence-electron chi connectivity index (χ0n) is 10.2. The van der Waals surface area contributed by atoms with Crippen molar-refractivity contribution in [3.8, 4) is 0 Å². The second-order valence-corrected chi connectivity index (χ2v) is 4.03. The molecule has 0 saturated carbocycles. The highest BCUT2D eigenvalue weighted by Gasteiger charge is 2.18. The van der Waals surface area contributed by atoms with E-state index in [4.69, 9.17) is 4.74 Å². The zero-order chi connectivity index (χ0) is 13.4. The Balaban J connectivity index is 2.63. The van der Waals surface area contributed by atoms with E-state index in [2.05, 4.69) is 4.98 Å². The number of nitrogens with zero attached hydrogens (tertiary/aromatic N) is 2. The zero-order valence-corrected chi connectivity index (χ0v) is 10.2. The van der Waals surface area contributed by atoms with E-state index in [-0.39, 0.29) is 5.56 Å². The van der Waals surface area contributed by atoms with E-state index >= 15 is 0 Å². The van der Waals surface area contributed by atoms with Crippen LogP contribution in [0.25, 0.3) is 16.4 Å². The van der Waals surface area contributed by atoms with Crippen LogP contribution >= 0.6 is 0 Å². The van der Waals surface area contributed by atoms with Crippen LogP contribution in [0.3, 0.4) is 0 Å². The van der Waals surface area contributed by atoms with Gasteiger partial charge in [-0.25, -0.2) is 9.78 Å². The second-order valence-electron chi connectivity index (χ2n) is 4.03. The molecule has 1 aromatic carbocycles. The van der Waals surface area contributed by atoms with Crippen molar-refractivity contribution in [1.82, 2.24) is 9.38 Å². The smallest absolute Gasteiger partial charge is 0.344 e. The fraction of sp³-hybridized carbons (Fsp3) is 0.0714. The Morgan fingerprint density at radius 2 is 1.95 bits per heavy atom. The van der Waals surface area contributed by atoms with Crippen molar-refractivity contribution in [2.45, 2.75) is 0 Å². The van der Waals surface area contributed by atoms with Gasteiger partial charge in [-0.2, -0.15) is 0 Å². The second kappa shape index (κ2) is 4.20. The number of methoxy groups -OCH3 is 1. The molecule has 0 aliphatic carbocycles. The van der Waals surface area contributed by atoms with Crippen molar-refractivity contribution in [2.24, 2.45) is 0 Å². The van der Waals surface area contributed by atoms with Gasteiger partial charge in [-0.15, -0.1) is 0 Å². The van der Waals surface area contributed by atoms with Crippen LogP contribution in [0.1, 0.15) is 10.4 Å². The average molecular weight is 254 g/mol. The number of hydrogen-bond donors (Lipinski definition) is 0. The maximum absolute atomic E-state index is 12.4. The van der Waals surface area contributed by atoms with E-state index < -0.39 is 11.5 Å². The summed E-state index contributed by atoms with van der Waals surface area (Å²) in [7, 11) is 1.26. The maximum atomic E-state index is 12.4. The maximum Gasteiger partial charge on any atom is 0.344 e. The topological polar surface area (TPSA) is 60.7 Å². The minimum absolute atomic E-state index is 0.0311. The number of hydrogen-bond acceptors (Lipinski definition) is 4. The number of carbonyl (C=O) groups excluding carboxylic acids is 1. The van der Waals surface area contributed by atoms with E-state index in [0.29, 0.717) is 11.0 Å². The minimum Gasteiger partial charge on any atom is -0.465 e. The highest BCUT2D eigenvalue weighted by atomic mass is 16.5. The largest absolute Gasteiger partial charge is 0.465 e. The van der Waals surface area contributed by atoms with Crippen LogP contribution in [-0.2, 0) is 4.74 Å². The quantitative estimate of drug-likeness (QED) is 0.489. The van der Waals surface area contributed by atoms with Crippen molar-refractivity contribution in [3.63, 3.8) is 0 Å². The molecule has 0 unspecified atom stereocenters. The number of fused-ring (bicyclic) bond motifs is 3. The van der Waals surface area contributed by atoms with Gasteiger partial charge in [0.25, 0.3) is 5.56 Å². The molecule has 3 rings (SSSR count). The monoisotopic (exact) mass is 254 g/mol. The third-order valence-corrected chi connectivity index (χ3v) is 3.01. The van der Waals surface area contributed by atoms with Gasteiger partial charge < -0.3 is 4.74 Å². The molecular weight excluding hydrogens is 244 g/mol. The molecule has 0 bridgehead atoms. The van der Waals surface area contributed by atoms with Gasteiger partial charge in [-0.05, 0) is 6.07 Å². The molecule has 0 fully saturated rings. The lowest BCUT2D eigenvalue weighted by Crippen LogP contribution is -2.23. The highest BCUT2D eigenvalue weighted by molar-refractivity contribution is 6.07. The highest BCUT2D eigenvalue weighted by Crippen LogP contribution is 2.20. The van der Waals surface area contributed by atoms with Crippen LogP contribution in [0.15, 0.2) is 47.5 Å². The van der Waals surface area contributed by atoms with Crippen LogP contribution in [0.4, 0.5) is 0 Å². The molecule has 0 radical (unpaired) electrons. The number of rotatable bonds is 1. The minimum atomic E-state index is -0.639. The van der Waals surface area contributed by atoms with Crippen LogP contribution in [-0.4, -0.2) is 22.5 Å².